The van der Waals surface area contributed by atoms with Crippen LogP contribution in [0, 0.1) is 13.8 Å². The van der Waals surface area contributed by atoms with E-state index in [2.05, 4.69) is 9.97 Å². The summed E-state index contributed by atoms with van der Waals surface area (Å²) in [5.41, 5.74) is 3.29. The van der Waals surface area contributed by atoms with Gasteiger partial charge in [0, 0.05) is 31.2 Å². The van der Waals surface area contributed by atoms with Gasteiger partial charge in [-0.3, -0.25) is 9.59 Å². The lowest BCUT2D eigenvalue weighted by Crippen LogP contribution is -2.55. The predicted molar refractivity (Wildman–Crippen MR) is 136 cm³/mol. The van der Waals surface area contributed by atoms with Gasteiger partial charge in [-0.1, -0.05) is 42.5 Å². The van der Waals surface area contributed by atoms with Crippen molar-refractivity contribution in [2.24, 2.45) is 0 Å². The highest BCUT2D eigenvalue weighted by Gasteiger charge is 2.34. The average molecular weight is 487 g/mol. The van der Waals surface area contributed by atoms with Crippen molar-refractivity contribution in [1.82, 2.24) is 19.8 Å². The van der Waals surface area contributed by atoms with Crippen LogP contribution in [0.2, 0.25) is 0 Å². The van der Waals surface area contributed by atoms with Gasteiger partial charge in [-0.25, -0.2) is 14.8 Å². The van der Waals surface area contributed by atoms with Gasteiger partial charge in [0.2, 0.25) is 0 Å². The molecule has 0 spiro atoms. The molecule has 1 aliphatic rings. The molecule has 1 saturated heterocycles. The van der Waals surface area contributed by atoms with Crippen LogP contribution >= 0.6 is 0 Å². The maximum atomic E-state index is 13.4. The molecular formula is C28H30N4O4. The molecule has 2 heterocycles. The molecule has 1 atom stereocenters. The van der Waals surface area contributed by atoms with Crippen LogP contribution in [0.5, 0.6) is 0 Å². The van der Waals surface area contributed by atoms with E-state index in [1.165, 1.54) is 0 Å². The van der Waals surface area contributed by atoms with Crippen LogP contribution in [0.3, 0.4) is 0 Å². The zero-order chi connectivity index (χ0) is 25.8. The van der Waals surface area contributed by atoms with Gasteiger partial charge < -0.3 is 14.5 Å². The molecule has 0 radical (unpaired) electrons. The Kier molecular flexibility index (Phi) is 7.43. The second-order valence-corrected chi connectivity index (χ2v) is 8.84. The molecule has 186 valence electrons. The van der Waals surface area contributed by atoms with Crippen LogP contribution < -0.4 is 0 Å². The van der Waals surface area contributed by atoms with Gasteiger partial charge in [0.15, 0.2) is 0 Å². The monoisotopic (exact) mass is 486 g/mol. The lowest BCUT2D eigenvalue weighted by atomic mass is 10.0. The summed E-state index contributed by atoms with van der Waals surface area (Å²) in [7, 11) is 0. The molecule has 8 nitrogen and oxygen atoms in total. The first-order chi connectivity index (χ1) is 17.3. The molecule has 2 aromatic carbocycles. The van der Waals surface area contributed by atoms with Crippen molar-refractivity contribution < 1.29 is 19.1 Å². The molecule has 4 rings (SSSR count). The van der Waals surface area contributed by atoms with Crippen LogP contribution in [0.4, 0.5) is 0 Å². The number of nitrogens with zero attached hydrogens (tertiary/aromatic N) is 4. The minimum Gasteiger partial charge on any atom is -0.462 e. The summed E-state index contributed by atoms with van der Waals surface area (Å²) in [4.78, 5) is 51.2. The first-order valence-electron chi connectivity index (χ1n) is 12.1. The van der Waals surface area contributed by atoms with Gasteiger partial charge in [-0.15, -0.1) is 0 Å². The molecule has 36 heavy (non-hydrogen) atoms. The highest BCUT2D eigenvalue weighted by atomic mass is 16.5. The fraction of sp³-hybridized carbons (Fsp3) is 0.321. The van der Waals surface area contributed by atoms with E-state index in [1.807, 2.05) is 61.5 Å². The molecule has 1 aliphatic heterocycles. The topological polar surface area (TPSA) is 92.7 Å². The van der Waals surface area contributed by atoms with Crippen LogP contribution in [0.15, 0.2) is 54.6 Å². The summed E-state index contributed by atoms with van der Waals surface area (Å²) >= 11 is 0. The first-order valence-corrected chi connectivity index (χ1v) is 12.1. The molecule has 0 N–H and O–H groups in total. The lowest BCUT2D eigenvalue weighted by molar-refractivity contribution is 0.0406. The van der Waals surface area contributed by atoms with Crippen molar-refractivity contribution in [3.05, 3.63) is 82.9 Å². The molecule has 1 unspecified atom stereocenters. The van der Waals surface area contributed by atoms with Gasteiger partial charge >= 0.3 is 5.97 Å². The average Bonchev–Trinajstić information content (AvgIpc) is 2.88. The van der Waals surface area contributed by atoms with Crippen molar-refractivity contribution in [2.75, 3.05) is 26.2 Å². The Morgan fingerprint density at radius 2 is 1.58 bits per heavy atom. The highest BCUT2D eigenvalue weighted by molar-refractivity contribution is 6.04. The number of hydrogen-bond acceptors (Lipinski definition) is 6. The summed E-state index contributed by atoms with van der Waals surface area (Å²) in [6.07, 6.45) is 0. The van der Waals surface area contributed by atoms with Gasteiger partial charge in [-0.05, 0) is 51.0 Å². The van der Waals surface area contributed by atoms with Gasteiger partial charge in [0.25, 0.3) is 11.8 Å². The Labute approximate surface area is 210 Å². The SMILES string of the molecule is CCOC(=O)c1c(C)nc(C)nc1C(=O)N1CCN(C(=O)c2ccc(-c3ccccc3)cc2)C(C)C1. The minimum absolute atomic E-state index is 0.0435. The van der Waals surface area contributed by atoms with Crippen molar-refractivity contribution in [3.8, 4) is 11.1 Å². The third-order valence-electron chi connectivity index (χ3n) is 6.30. The van der Waals surface area contributed by atoms with E-state index in [9.17, 15) is 14.4 Å². The third kappa shape index (κ3) is 5.12. The molecule has 3 aromatic rings. The molecule has 1 aromatic heterocycles. The number of ether oxygens (including phenoxy) is 1. The number of esters is 1. The summed E-state index contributed by atoms with van der Waals surface area (Å²) < 4.78 is 5.14. The number of aryl methyl sites for hydroxylation is 2. The molecular weight excluding hydrogens is 456 g/mol. The Bertz CT molecular complexity index is 1270. The molecule has 0 saturated carbocycles. The maximum Gasteiger partial charge on any atom is 0.342 e. The minimum atomic E-state index is -0.612. The second-order valence-electron chi connectivity index (χ2n) is 8.84. The van der Waals surface area contributed by atoms with Crippen LogP contribution in [0.1, 0.15) is 56.6 Å². The fourth-order valence-corrected chi connectivity index (χ4v) is 4.51. The molecule has 2 amide bonds. The van der Waals surface area contributed by atoms with Crippen molar-refractivity contribution in [3.63, 3.8) is 0 Å². The first kappa shape index (κ1) is 25.0. The number of carbonyl (C=O) groups excluding carboxylic acids is 3. The molecule has 0 bridgehead atoms. The van der Waals surface area contributed by atoms with E-state index in [4.69, 9.17) is 4.74 Å². The number of amides is 2. The highest BCUT2D eigenvalue weighted by Crippen LogP contribution is 2.22. The largest absolute Gasteiger partial charge is 0.462 e. The summed E-state index contributed by atoms with van der Waals surface area (Å²) in [6.45, 7) is 8.20. The maximum absolute atomic E-state index is 13.4. The predicted octanol–water partition coefficient (Wildman–Crippen LogP) is 3.92. The number of rotatable bonds is 5. The van der Waals surface area contributed by atoms with Crippen molar-refractivity contribution in [1.29, 1.82) is 0 Å². The van der Waals surface area contributed by atoms with Crippen molar-refractivity contribution in [2.45, 2.75) is 33.7 Å². The number of piperazine rings is 1. The van der Waals surface area contributed by atoms with Gasteiger partial charge in [-0.2, -0.15) is 0 Å². The van der Waals surface area contributed by atoms with E-state index >= 15 is 0 Å². The number of hydrogen-bond donors (Lipinski definition) is 0. The van der Waals surface area contributed by atoms with Crippen LogP contribution in [-0.4, -0.2) is 69.8 Å². The van der Waals surface area contributed by atoms with Gasteiger partial charge in [0.1, 0.15) is 17.1 Å². The fourth-order valence-electron chi connectivity index (χ4n) is 4.51. The van der Waals surface area contributed by atoms with Gasteiger partial charge in [0.05, 0.1) is 12.3 Å². The normalized spacial score (nSPS) is 15.5. The summed E-state index contributed by atoms with van der Waals surface area (Å²) in [6, 6.07) is 17.4. The Hall–Kier alpha value is -4.07. The Morgan fingerprint density at radius 1 is 0.917 bits per heavy atom. The third-order valence-corrected chi connectivity index (χ3v) is 6.30. The zero-order valence-corrected chi connectivity index (χ0v) is 21.0. The Balaban J connectivity index is 1.48. The molecule has 0 aliphatic carbocycles. The molecule has 1 fully saturated rings. The van der Waals surface area contributed by atoms with E-state index in [0.29, 0.717) is 36.7 Å². The van der Waals surface area contributed by atoms with E-state index < -0.39 is 5.97 Å². The standard InChI is InChI=1S/C28H30N4O4/c1-5-36-28(35)24-19(3)29-20(4)30-25(24)27(34)31-15-16-32(18(2)17-31)26(33)23-13-11-22(12-14-23)21-9-7-6-8-10-21/h6-14,18H,5,15-17H2,1-4H3. The van der Waals surface area contributed by atoms with Crippen LogP contribution in [-0.2, 0) is 4.74 Å². The number of benzene rings is 2. The van der Waals surface area contributed by atoms with Crippen LogP contribution in [0.25, 0.3) is 11.1 Å². The number of carbonyl (C=O) groups is 3. The smallest absolute Gasteiger partial charge is 0.342 e. The van der Waals surface area contributed by atoms with E-state index in [-0.39, 0.29) is 35.7 Å². The van der Waals surface area contributed by atoms with E-state index in [1.54, 1.807) is 30.6 Å². The summed E-state index contributed by atoms with van der Waals surface area (Å²) in [5.74, 6) is -0.642. The summed E-state index contributed by atoms with van der Waals surface area (Å²) in [5, 5.41) is 0. The lowest BCUT2D eigenvalue weighted by Gasteiger charge is -2.40. The van der Waals surface area contributed by atoms with Crippen molar-refractivity contribution >= 4 is 17.8 Å². The number of aromatic nitrogens is 2. The quantitative estimate of drug-likeness (QED) is 0.508. The second kappa shape index (κ2) is 10.7. The van der Waals surface area contributed by atoms with E-state index in [0.717, 1.165) is 11.1 Å². The Morgan fingerprint density at radius 3 is 2.22 bits per heavy atom. The zero-order valence-electron chi connectivity index (χ0n) is 21.0. The molecule has 8 heteroatoms.